The van der Waals surface area contributed by atoms with E-state index in [1.54, 1.807) is 13.0 Å². The first kappa shape index (κ1) is 22.7. The van der Waals surface area contributed by atoms with Gasteiger partial charge in [-0.15, -0.1) is 0 Å². The highest BCUT2D eigenvalue weighted by Gasteiger charge is 2.45. The fourth-order valence-corrected chi connectivity index (χ4v) is 3.77. The highest BCUT2D eigenvalue weighted by molar-refractivity contribution is 7.90. The number of aryl methyl sites for hydroxylation is 1. The Kier molecular flexibility index (Phi) is 5.58. The Morgan fingerprint density at radius 3 is 2.55 bits per heavy atom. The van der Waals surface area contributed by atoms with Crippen LogP contribution in [0.1, 0.15) is 11.1 Å². The molecule has 0 unspecified atom stereocenters. The fourth-order valence-electron chi connectivity index (χ4n) is 3.25. The van der Waals surface area contributed by atoms with Crippen molar-refractivity contribution in [3.8, 4) is 0 Å². The SMILES string of the molecule is Cc1ccc(CNS(=O)(=O)C(F)(F)F)cc1Nc1nc2ccc(F)cc2c2c1=CC(=O)[N]C=2. The molecule has 1 amide bonds. The van der Waals surface area contributed by atoms with Gasteiger partial charge in [-0.1, -0.05) is 12.1 Å². The number of anilines is 2. The van der Waals surface area contributed by atoms with Gasteiger partial charge in [-0.2, -0.15) is 13.2 Å². The van der Waals surface area contributed by atoms with Crippen LogP contribution in [0, 0.1) is 12.7 Å². The molecule has 1 aromatic heterocycles. The summed E-state index contributed by atoms with van der Waals surface area (Å²) in [5.41, 5.74) is -3.62. The van der Waals surface area contributed by atoms with Gasteiger partial charge in [0.05, 0.1) is 5.52 Å². The summed E-state index contributed by atoms with van der Waals surface area (Å²) in [4.78, 5) is 16.3. The Hall–Kier alpha value is -3.51. The average Bonchev–Trinajstić information content (AvgIpc) is 2.74. The summed E-state index contributed by atoms with van der Waals surface area (Å²) in [6.07, 6.45) is 2.56. The summed E-state index contributed by atoms with van der Waals surface area (Å²) in [6, 6.07) is 8.52. The summed E-state index contributed by atoms with van der Waals surface area (Å²) >= 11 is 0. The predicted octanol–water partition coefficient (Wildman–Crippen LogP) is 2.03. The molecule has 1 radical (unpaired) electrons. The summed E-state index contributed by atoms with van der Waals surface area (Å²) < 4.78 is 75.6. The lowest BCUT2D eigenvalue weighted by Crippen LogP contribution is -2.36. The molecule has 2 N–H and O–H groups in total. The Balaban J connectivity index is 1.75. The van der Waals surface area contributed by atoms with Gasteiger partial charge < -0.3 is 5.32 Å². The molecule has 7 nitrogen and oxygen atoms in total. The molecule has 2 heterocycles. The summed E-state index contributed by atoms with van der Waals surface area (Å²) in [7, 11) is -5.49. The first-order valence-corrected chi connectivity index (χ1v) is 10.9. The number of halogens is 4. The molecule has 0 bridgehead atoms. The molecule has 2 aromatic carbocycles. The minimum absolute atomic E-state index is 0.250. The van der Waals surface area contributed by atoms with Crippen molar-refractivity contribution in [2.45, 2.75) is 19.0 Å². The second kappa shape index (κ2) is 8.12. The predicted molar refractivity (Wildman–Crippen MR) is 113 cm³/mol. The third-order valence-electron chi connectivity index (χ3n) is 4.94. The van der Waals surface area contributed by atoms with Crippen LogP contribution in [0.5, 0.6) is 0 Å². The fraction of sp³-hybridized carbons (Fsp3) is 0.143. The highest BCUT2D eigenvalue weighted by Crippen LogP contribution is 2.24. The molecular formula is C21H15F4N4O3S. The lowest BCUT2D eigenvalue weighted by molar-refractivity contribution is -0.114. The van der Waals surface area contributed by atoms with E-state index in [0.29, 0.717) is 32.6 Å². The van der Waals surface area contributed by atoms with E-state index in [1.165, 1.54) is 47.3 Å². The van der Waals surface area contributed by atoms with Crippen LogP contribution >= 0.6 is 0 Å². The van der Waals surface area contributed by atoms with Gasteiger partial charge in [-0.25, -0.2) is 27.8 Å². The quantitative estimate of drug-likeness (QED) is 0.546. The molecule has 1 aliphatic heterocycles. The van der Waals surface area contributed by atoms with E-state index in [9.17, 15) is 30.8 Å². The van der Waals surface area contributed by atoms with Crippen molar-refractivity contribution < 1.29 is 30.8 Å². The number of amides is 1. The van der Waals surface area contributed by atoms with Crippen LogP contribution in [0.4, 0.5) is 29.1 Å². The number of aromatic nitrogens is 1. The van der Waals surface area contributed by atoms with Crippen LogP contribution in [0.2, 0.25) is 0 Å². The number of carbonyl (C=O) groups is 1. The van der Waals surface area contributed by atoms with Crippen LogP contribution in [-0.2, 0) is 21.4 Å². The number of fused-ring (bicyclic) bond motifs is 3. The zero-order valence-corrected chi connectivity index (χ0v) is 17.7. The number of nitrogens with one attached hydrogen (secondary N) is 2. The normalized spacial score (nSPS) is 13.7. The third kappa shape index (κ3) is 4.52. The van der Waals surface area contributed by atoms with Crippen molar-refractivity contribution in [1.82, 2.24) is 15.0 Å². The molecule has 0 aliphatic carbocycles. The summed E-state index contributed by atoms with van der Waals surface area (Å²) in [5, 5.41) is 8.09. The van der Waals surface area contributed by atoms with E-state index in [0.717, 1.165) is 0 Å². The first-order valence-electron chi connectivity index (χ1n) is 9.43. The van der Waals surface area contributed by atoms with Gasteiger partial charge in [-0.05, 0) is 42.3 Å². The molecule has 12 heteroatoms. The molecule has 1 aliphatic rings. The number of nitrogens with zero attached hydrogens (tertiary/aromatic N) is 2. The van der Waals surface area contributed by atoms with E-state index in [2.05, 4.69) is 15.6 Å². The van der Waals surface area contributed by atoms with Crippen LogP contribution in [0.15, 0.2) is 36.4 Å². The molecule has 0 fully saturated rings. The van der Waals surface area contributed by atoms with Gasteiger partial charge in [0.15, 0.2) is 0 Å². The molecule has 0 spiro atoms. The number of carbonyl (C=O) groups excluding carboxylic acids is 1. The standard InChI is InChI=1S/C21H15F4N4O3S/c1-11-2-3-12(9-27-33(31,32)21(23,24)25)6-18(11)29-20-15-8-19(30)26-10-16(15)14-7-13(22)4-5-17(14)28-20/h2-8,10,27H,9H2,1H3,(H,28,29). The van der Waals surface area contributed by atoms with Crippen molar-refractivity contribution in [1.29, 1.82) is 0 Å². The van der Waals surface area contributed by atoms with E-state index in [-0.39, 0.29) is 11.4 Å². The lowest BCUT2D eigenvalue weighted by atomic mass is 10.1. The smallest absolute Gasteiger partial charge is 0.339 e. The van der Waals surface area contributed by atoms with E-state index < -0.39 is 33.8 Å². The molecule has 0 saturated carbocycles. The van der Waals surface area contributed by atoms with Crippen molar-refractivity contribution in [2.75, 3.05) is 5.32 Å². The Morgan fingerprint density at radius 2 is 1.82 bits per heavy atom. The van der Waals surface area contributed by atoms with Crippen LogP contribution in [0.3, 0.4) is 0 Å². The number of hydrogen-bond donors (Lipinski definition) is 2. The van der Waals surface area contributed by atoms with Gasteiger partial charge in [0.1, 0.15) is 11.6 Å². The number of benzene rings is 2. The van der Waals surface area contributed by atoms with E-state index in [4.69, 9.17) is 0 Å². The number of rotatable bonds is 5. The summed E-state index contributed by atoms with van der Waals surface area (Å²) in [5.74, 6) is -0.766. The maximum absolute atomic E-state index is 13.8. The van der Waals surface area contributed by atoms with Crippen LogP contribution in [-0.4, -0.2) is 24.8 Å². The van der Waals surface area contributed by atoms with Gasteiger partial charge in [0.25, 0.3) is 5.91 Å². The van der Waals surface area contributed by atoms with Crippen LogP contribution in [0.25, 0.3) is 23.2 Å². The molecule has 0 atom stereocenters. The molecule has 33 heavy (non-hydrogen) atoms. The second-order valence-corrected chi connectivity index (χ2v) is 8.99. The molecular weight excluding hydrogens is 464 g/mol. The third-order valence-corrected chi connectivity index (χ3v) is 6.07. The van der Waals surface area contributed by atoms with Gasteiger partial charge in [0, 0.05) is 40.3 Å². The van der Waals surface area contributed by atoms with E-state index >= 15 is 0 Å². The monoisotopic (exact) mass is 479 g/mol. The Morgan fingerprint density at radius 1 is 1.06 bits per heavy atom. The van der Waals surface area contributed by atoms with E-state index in [1.807, 2.05) is 0 Å². The largest absolute Gasteiger partial charge is 0.511 e. The molecule has 0 saturated heterocycles. The second-order valence-electron chi connectivity index (χ2n) is 7.23. The van der Waals surface area contributed by atoms with Crippen molar-refractivity contribution in [3.63, 3.8) is 0 Å². The highest BCUT2D eigenvalue weighted by atomic mass is 32.2. The van der Waals surface area contributed by atoms with Gasteiger partial charge in [-0.3, -0.25) is 4.79 Å². The zero-order valence-electron chi connectivity index (χ0n) is 16.9. The number of alkyl halides is 3. The molecule has 3 aromatic rings. The van der Waals surface area contributed by atoms with Gasteiger partial charge >= 0.3 is 15.5 Å². The van der Waals surface area contributed by atoms with Crippen molar-refractivity contribution in [3.05, 3.63) is 63.8 Å². The minimum atomic E-state index is -5.49. The zero-order chi connectivity index (χ0) is 24.0. The maximum atomic E-state index is 13.8. The Labute approximate surface area is 184 Å². The first-order chi connectivity index (χ1) is 15.4. The topological polar surface area (TPSA) is 102 Å². The molecule has 4 rings (SSSR count). The van der Waals surface area contributed by atoms with Crippen molar-refractivity contribution >= 4 is 50.6 Å². The number of sulfonamides is 1. The van der Waals surface area contributed by atoms with Crippen LogP contribution < -0.4 is 25.8 Å². The minimum Gasteiger partial charge on any atom is -0.339 e. The maximum Gasteiger partial charge on any atom is 0.511 e. The lowest BCUT2D eigenvalue weighted by Gasteiger charge is -2.15. The summed E-state index contributed by atoms with van der Waals surface area (Å²) in [6.45, 7) is 1.14. The van der Waals surface area contributed by atoms with Crippen molar-refractivity contribution in [2.24, 2.45) is 0 Å². The number of pyridine rings is 1. The van der Waals surface area contributed by atoms with Gasteiger partial charge in [0.2, 0.25) is 0 Å². The number of hydrogen-bond acceptors (Lipinski definition) is 5. The Bertz CT molecular complexity index is 1520. The molecule has 171 valence electrons. The average molecular weight is 479 g/mol.